The van der Waals surface area contributed by atoms with Crippen LogP contribution in [0.5, 0.6) is 23.3 Å². The number of rotatable bonds is 10. The molecule has 1 aliphatic rings. The lowest BCUT2D eigenvalue weighted by molar-refractivity contribution is -0.126. The summed E-state index contributed by atoms with van der Waals surface area (Å²) in [6.07, 6.45) is 5.94. The molecule has 1 fully saturated rings. The lowest BCUT2D eigenvalue weighted by atomic mass is 10.0. The van der Waals surface area contributed by atoms with Crippen LogP contribution in [-0.4, -0.2) is 74.1 Å². The first-order valence-corrected chi connectivity index (χ1v) is 14.1. The first-order valence-electron chi connectivity index (χ1n) is 14.1. The minimum absolute atomic E-state index is 0.0627. The largest absolute Gasteiger partial charge is 0.495 e. The van der Waals surface area contributed by atoms with Crippen LogP contribution in [-0.2, 0) is 4.79 Å². The van der Waals surface area contributed by atoms with Crippen LogP contribution < -0.4 is 24.8 Å². The number of hydrogen-bond donors (Lipinski definition) is 2. The molecule has 45 heavy (non-hydrogen) atoms. The zero-order valence-electron chi connectivity index (χ0n) is 24.6. The number of aromatic nitrogens is 6. The van der Waals surface area contributed by atoms with Gasteiger partial charge in [-0.05, 0) is 43.2 Å². The van der Waals surface area contributed by atoms with Gasteiger partial charge < -0.3 is 29.7 Å². The Labute approximate surface area is 257 Å². The molecule has 0 aliphatic carbocycles. The highest BCUT2D eigenvalue weighted by atomic mass is 19.1. The molecule has 1 aliphatic heterocycles. The molecule has 0 saturated carbocycles. The number of piperidine rings is 1. The van der Waals surface area contributed by atoms with Gasteiger partial charge in [0.15, 0.2) is 5.82 Å². The van der Waals surface area contributed by atoms with E-state index in [1.807, 2.05) is 12.1 Å². The molecule has 0 spiro atoms. The Hall–Kier alpha value is -5.79. The number of nitrogens with zero attached hydrogens (tertiary/aromatic N) is 7. The van der Waals surface area contributed by atoms with E-state index in [0.717, 1.165) is 18.5 Å². The number of halogens is 1. The Morgan fingerprint density at radius 1 is 1.00 bits per heavy atom. The fourth-order valence-electron chi connectivity index (χ4n) is 5.00. The molecule has 6 rings (SSSR count). The van der Waals surface area contributed by atoms with E-state index in [2.05, 4.69) is 42.5 Å². The van der Waals surface area contributed by atoms with E-state index >= 15 is 4.39 Å². The first kappa shape index (κ1) is 29.3. The highest BCUT2D eigenvalue weighted by Gasteiger charge is 2.23. The Balaban J connectivity index is 1.17. The number of ether oxygens (including phenoxy) is 3. The van der Waals surface area contributed by atoms with Crippen LogP contribution in [0.25, 0.3) is 16.7 Å². The van der Waals surface area contributed by atoms with Gasteiger partial charge in [0.2, 0.25) is 17.7 Å². The van der Waals surface area contributed by atoms with E-state index in [9.17, 15) is 4.79 Å². The van der Waals surface area contributed by atoms with Crippen LogP contribution in [0.4, 0.5) is 21.6 Å². The summed E-state index contributed by atoms with van der Waals surface area (Å²) in [4.78, 5) is 22.5. The van der Waals surface area contributed by atoms with Crippen molar-refractivity contribution in [2.75, 3.05) is 37.9 Å². The van der Waals surface area contributed by atoms with Gasteiger partial charge in [-0.15, -0.1) is 15.3 Å². The maximum atomic E-state index is 15.3. The van der Waals surface area contributed by atoms with Crippen molar-refractivity contribution in [1.82, 2.24) is 34.8 Å². The van der Waals surface area contributed by atoms with Crippen LogP contribution in [0.2, 0.25) is 0 Å². The maximum Gasteiger partial charge on any atom is 0.245 e. The second-order valence-corrected chi connectivity index (χ2v) is 10.1. The third kappa shape index (κ3) is 6.44. The third-order valence-corrected chi connectivity index (χ3v) is 7.35. The lowest BCUT2D eigenvalue weighted by Gasteiger charge is -2.32. The molecule has 0 atom stereocenters. The molecule has 0 bridgehead atoms. The first-order chi connectivity index (χ1) is 21.9. The molecule has 13 nitrogen and oxygen atoms in total. The summed E-state index contributed by atoms with van der Waals surface area (Å²) in [5.41, 5.74) is 1.57. The number of benzene rings is 2. The molecule has 0 radical (unpaired) electrons. The molecule has 5 aromatic rings. The second-order valence-electron chi connectivity index (χ2n) is 10.1. The molecule has 2 N–H and O–H groups in total. The third-order valence-electron chi connectivity index (χ3n) is 7.35. The predicted molar refractivity (Wildman–Crippen MR) is 165 cm³/mol. The molecule has 2 aromatic carbocycles. The number of hydrogen-bond acceptors (Lipinski definition) is 11. The van der Waals surface area contributed by atoms with Crippen LogP contribution in [0.1, 0.15) is 12.8 Å². The van der Waals surface area contributed by atoms with Gasteiger partial charge in [0, 0.05) is 55.0 Å². The van der Waals surface area contributed by atoms with E-state index in [0.29, 0.717) is 47.3 Å². The molecular formula is C31H30FN9O4. The van der Waals surface area contributed by atoms with Crippen LogP contribution in [0.3, 0.4) is 0 Å². The summed E-state index contributed by atoms with van der Waals surface area (Å²) >= 11 is 0. The average molecular weight is 612 g/mol. The molecule has 0 unspecified atom stereocenters. The van der Waals surface area contributed by atoms with Gasteiger partial charge in [-0.3, -0.25) is 4.79 Å². The topological polar surface area (TPSA) is 141 Å². The van der Waals surface area contributed by atoms with Gasteiger partial charge in [-0.1, -0.05) is 6.58 Å². The predicted octanol–water partition coefficient (Wildman–Crippen LogP) is 4.89. The fraction of sp³-hybridized carbons (Fsp3) is 0.226. The quantitative estimate of drug-likeness (QED) is 0.209. The normalized spacial score (nSPS) is 13.4. The smallest absolute Gasteiger partial charge is 0.245 e. The standard InChI is InChI=1S/C31H30FN9O4/c1-4-30(42)40-12-9-19(10-13-40)35-25-16-21-24(17-26(25)43-2)33-18-34-31(21)36-23-6-5-20(15-22(23)32)45-29-11-14-41(39-29)27-7-8-28(44-3)38-37-27/h4-8,11,14-19,35H,1,9-10,12-13H2,2-3H3,(H,33,34,36). The van der Waals surface area contributed by atoms with Gasteiger partial charge in [0.25, 0.3) is 0 Å². The number of anilines is 3. The summed E-state index contributed by atoms with van der Waals surface area (Å²) in [6, 6.07) is 13.3. The van der Waals surface area contributed by atoms with Crippen molar-refractivity contribution in [3.05, 3.63) is 79.5 Å². The number of likely N-dealkylation sites (tertiary alicyclic amines) is 1. The van der Waals surface area contributed by atoms with E-state index in [1.54, 1.807) is 48.5 Å². The monoisotopic (exact) mass is 611 g/mol. The Morgan fingerprint density at radius 3 is 2.56 bits per heavy atom. The van der Waals surface area contributed by atoms with Gasteiger partial charge >= 0.3 is 0 Å². The lowest BCUT2D eigenvalue weighted by Crippen LogP contribution is -2.41. The van der Waals surface area contributed by atoms with E-state index in [1.165, 1.54) is 30.3 Å². The van der Waals surface area contributed by atoms with Crippen LogP contribution >= 0.6 is 0 Å². The number of carbonyl (C=O) groups is 1. The number of nitrogens with one attached hydrogen (secondary N) is 2. The SMILES string of the molecule is C=CC(=O)N1CCC(Nc2cc3c(Nc4ccc(Oc5ccn(-c6ccc(OC)nn6)n5)cc4F)ncnc3cc2OC)CC1. The van der Waals surface area contributed by atoms with Crippen molar-refractivity contribution in [3.63, 3.8) is 0 Å². The van der Waals surface area contributed by atoms with E-state index in [-0.39, 0.29) is 29.3 Å². The van der Waals surface area contributed by atoms with Crippen molar-refractivity contribution in [2.24, 2.45) is 0 Å². The van der Waals surface area contributed by atoms with Crippen molar-refractivity contribution in [2.45, 2.75) is 18.9 Å². The molecule has 230 valence electrons. The zero-order chi connectivity index (χ0) is 31.3. The Bertz CT molecular complexity index is 1840. The Kier molecular flexibility index (Phi) is 8.35. The highest BCUT2D eigenvalue weighted by molar-refractivity contribution is 5.95. The average Bonchev–Trinajstić information content (AvgIpc) is 3.54. The minimum atomic E-state index is -0.549. The van der Waals surface area contributed by atoms with Crippen molar-refractivity contribution in [1.29, 1.82) is 0 Å². The molecule has 14 heteroatoms. The van der Waals surface area contributed by atoms with Crippen LogP contribution in [0.15, 0.2) is 73.7 Å². The van der Waals surface area contributed by atoms with Gasteiger partial charge in [0.1, 0.15) is 29.5 Å². The number of carbonyl (C=O) groups excluding carboxylic acids is 1. The van der Waals surface area contributed by atoms with Gasteiger partial charge in [0.05, 0.1) is 31.1 Å². The zero-order valence-corrected chi connectivity index (χ0v) is 24.6. The molecule has 4 heterocycles. The molecule has 1 saturated heterocycles. The number of amides is 1. The Morgan fingerprint density at radius 2 is 1.84 bits per heavy atom. The summed E-state index contributed by atoms with van der Waals surface area (Å²) in [5.74, 6) is 1.79. The summed E-state index contributed by atoms with van der Waals surface area (Å²) < 4.78 is 33.2. The summed E-state index contributed by atoms with van der Waals surface area (Å²) in [6.45, 7) is 4.84. The van der Waals surface area contributed by atoms with Crippen LogP contribution in [0, 0.1) is 5.82 Å². The summed E-state index contributed by atoms with van der Waals surface area (Å²) in [7, 11) is 3.10. The van der Waals surface area contributed by atoms with Crippen molar-refractivity contribution >= 4 is 34.0 Å². The molecule has 3 aromatic heterocycles. The second kappa shape index (κ2) is 12.8. The van der Waals surface area contributed by atoms with Crippen molar-refractivity contribution in [3.8, 4) is 29.1 Å². The van der Waals surface area contributed by atoms with Crippen molar-refractivity contribution < 1.29 is 23.4 Å². The maximum absolute atomic E-state index is 15.3. The number of methoxy groups -OCH3 is 2. The highest BCUT2D eigenvalue weighted by Crippen LogP contribution is 2.35. The minimum Gasteiger partial charge on any atom is -0.495 e. The van der Waals surface area contributed by atoms with E-state index in [4.69, 9.17) is 14.2 Å². The van der Waals surface area contributed by atoms with Gasteiger partial charge in [-0.25, -0.2) is 19.0 Å². The summed E-state index contributed by atoms with van der Waals surface area (Å²) in [5, 5.41) is 19.6. The molecular weight excluding hydrogens is 581 g/mol. The number of fused-ring (bicyclic) bond motifs is 1. The molecule has 1 amide bonds. The van der Waals surface area contributed by atoms with E-state index < -0.39 is 5.82 Å². The fourth-order valence-corrected chi connectivity index (χ4v) is 5.00. The van der Waals surface area contributed by atoms with Gasteiger partial charge in [-0.2, -0.15) is 0 Å².